The molecule has 0 saturated heterocycles. The van der Waals surface area contributed by atoms with Crippen LogP contribution in [0.2, 0.25) is 0 Å². The third kappa shape index (κ3) is 6.87. The Morgan fingerprint density at radius 1 is 1.00 bits per heavy atom. The van der Waals surface area contributed by atoms with Gasteiger partial charge in [-0.1, -0.05) is 12.1 Å². The summed E-state index contributed by atoms with van der Waals surface area (Å²) in [6.07, 6.45) is -0.965. The zero-order chi connectivity index (χ0) is 18.3. The van der Waals surface area contributed by atoms with Gasteiger partial charge in [-0.05, 0) is 38.5 Å². The van der Waals surface area contributed by atoms with E-state index in [-0.39, 0.29) is 6.61 Å². The number of carbonyl (C=O) groups is 2. The lowest BCUT2D eigenvalue weighted by Gasteiger charge is -2.26. The number of hydrogen-bond acceptors (Lipinski definition) is 5. The van der Waals surface area contributed by atoms with E-state index in [0.29, 0.717) is 18.8 Å². The van der Waals surface area contributed by atoms with Crippen molar-refractivity contribution in [1.82, 2.24) is 9.80 Å². The van der Waals surface area contributed by atoms with E-state index in [1.165, 1.54) is 9.80 Å². The third-order valence-corrected chi connectivity index (χ3v) is 3.10. The number of ether oxygens (including phenoxy) is 2. The standard InChI is InChI=1S/C17H26N2O5/c1-17(2,3)24-16(22)19(5)11-10-18(4)15(21)23-14-8-6-13(12-20)7-9-14/h6-9,20H,10-12H2,1-5H3. The van der Waals surface area contributed by atoms with Crippen molar-refractivity contribution >= 4 is 12.2 Å². The molecular formula is C17H26N2O5. The Morgan fingerprint density at radius 3 is 1.96 bits per heavy atom. The van der Waals surface area contributed by atoms with Crippen LogP contribution in [0.5, 0.6) is 5.75 Å². The van der Waals surface area contributed by atoms with Gasteiger partial charge in [0.15, 0.2) is 0 Å². The Bertz CT molecular complexity index is 551. The van der Waals surface area contributed by atoms with Gasteiger partial charge in [-0.15, -0.1) is 0 Å². The second-order valence-electron chi connectivity index (χ2n) is 6.49. The van der Waals surface area contributed by atoms with Gasteiger partial charge >= 0.3 is 12.2 Å². The van der Waals surface area contributed by atoms with E-state index in [4.69, 9.17) is 14.6 Å². The molecule has 7 nitrogen and oxygen atoms in total. The lowest BCUT2D eigenvalue weighted by molar-refractivity contribution is 0.0287. The van der Waals surface area contributed by atoms with Crippen molar-refractivity contribution in [3.63, 3.8) is 0 Å². The average Bonchev–Trinajstić information content (AvgIpc) is 2.51. The molecular weight excluding hydrogens is 312 g/mol. The molecule has 0 saturated carbocycles. The summed E-state index contributed by atoms with van der Waals surface area (Å²) in [6.45, 7) is 5.96. The Hall–Kier alpha value is -2.28. The summed E-state index contributed by atoms with van der Waals surface area (Å²) >= 11 is 0. The van der Waals surface area contributed by atoms with Gasteiger partial charge in [0.2, 0.25) is 0 Å². The molecule has 0 spiro atoms. The maximum Gasteiger partial charge on any atom is 0.415 e. The fourth-order valence-corrected chi connectivity index (χ4v) is 1.66. The van der Waals surface area contributed by atoms with Crippen LogP contribution in [0.15, 0.2) is 24.3 Å². The molecule has 0 fully saturated rings. The number of rotatable bonds is 5. The van der Waals surface area contributed by atoms with Crippen molar-refractivity contribution in [2.45, 2.75) is 33.0 Å². The van der Waals surface area contributed by atoms with E-state index in [1.54, 1.807) is 59.1 Å². The first-order valence-electron chi connectivity index (χ1n) is 7.69. The number of likely N-dealkylation sites (N-methyl/N-ethyl adjacent to an activating group) is 2. The van der Waals surface area contributed by atoms with Crippen LogP contribution in [0.4, 0.5) is 9.59 Å². The summed E-state index contributed by atoms with van der Waals surface area (Å²) in [5.74, 6) is 0.393. The van der Waals surface area contributed by atoms with Gasteiger partial charge in [0.05, 0.1) is 6.61 Å². The van der Waals surface area contributed by atoms with Crippen LogP contribution in [-0.4, -0.2) is 59.9 Å². The lowest BCUT2D eigenvalue weighted by Crippen LogP contribution is -2.40. The Labute approximate surface area is 142 Å². The topological polar surface area (TPSA) is 79.3 Å². The van der Waals surface area contributed by atoms with Gasteiger partial charge in [-0.25, -0.2) is 9.59 Å². The highest BCUT2D eigenvalue weighted by Crippen LogP contribution is 2.13. The molecule has 2 amide bonds. The molecule has 0 aliphatic heterocycles. The predicted molar refractivity (Wildman–Crippen MR) is 89.9 cm³/mol. The summed E-state index contributed by atoms with van der Waals surface area (Å²) in [5.41, 5.74) is 0.179. The van der Waals surface area contributed by atoms with Crippen LogP contribution < -0.4 is 4.74 Å². The highest BCUT2D eigenvalue weighted by molar-refractivity contribution is 5.70. The molecule has 0 heterocycles. The summed E-state index contributed by atoms with van der Waals surface area (Å²) in [4.78, 5) is 26.6. The van der Waals surface area contributed by atoms with Crippen molar-refractivity contribution in [3.8, 4) is 5.75 Å². The van der Waals surface area contributed by atoms with Crippen LogP contribution in [0.1, 0.15) is 26.3 Å². The minimum Gasteiger partial charge on any atom is -0.444 e. The summed E-state index contributed by atoms with van der Waals surface area (Å²) in [6, 6.07) is 6.59. The van der Waals surface area contributed by atoms with Crippen LogP contribution in [0.3, 0.4) is 0 Å². The van der Waals surface area contributed by atoms with E-state index in [2.05, 4.69) is 0 Å². The fourth-order valence-electron chi connectivity index (χ4n) is 1.66. The molecule has 0 atom stereocenters. The van der Waals surface area contributed by atoms with Gasteiger partial charge < -0.3 is 24.4 Å². The second-order valence-corrected chi connectivity index (χ2v) is 6.49. The monoisotopic (exact) mass is 338 g/mol. The molecule has 1 aromatic rings. The van der Waals surface area contributed by atoms with Crippen LogP contribution in [0, 0.1) is 0 Å². The minimum atomic E-state index is -0.559. The van der Waals surface area contributed by atoms with E-state index in [0.717, 1.165) is 5.56 Å². The SMILES string of the molecule is CN(CCN(C)C(=O)OC(C)(C)C)C(=O)Oc1ccc(CO)cc1. The first-order chi connectivity index (χ1) is 11.1. The summed E-state index contributed by atoms with van der Waals surface area (Å²) < 4.78 is 10.5. The zero-order valence-electron chi connectivity index (χ0n) is 14.9. The second kappa shape index (κ2) is 8.54. The molecule has 1 N–H and O–H groups in total. The van der Waals surface area contributed by atoms with Crippen molar-refractivity contribution in [1.29, 1.82) is 0 Å². The molecule has 0 aromatic heterocycles. The molecule has 24 heavy (non-hydrogen) atoms. The van der Waals surface area contributed by atoms with Crippen molar-refractivity contribution in [2.75, 3.05) is 27.2 Å². The molecule has 1 rings (SSSR count). The Balaban J connectivity index is 2.44. The van der Waals surface area contributed by atoms with Crippen molar-refractivity contribution < 1.29 is 24.2 Å². The smallest absolute Gasteiger partial charge is 0.415 e. The summed E-state index contributed by atoms with van der Waals surface area (Å²) in [7, 11) is 3.20. The normalized spacial score (nSPS) is 10.9. The molecule has 0 radical (unpaired) electrons. The van der Waals surface area contributed by atoms with E-state index < -0.39 is 17.8 Å². The number of carbonyl (C=O) groups excluding carboxylic acids is 2. The molecule has 0 unspecified atom stereocenters. The maximum absolute atomic E-state index is 12.0. The number of aliphatic hydroxyl groups excluding tert-OH is 1. The third-order valence-electron chi connectivity index (χ3n) is 3.10. The largest absolute Gasteiger partial charge is 0.444 e. The van der Waals surface area contributed by atoms with Gasteiger partial charge in [-0.3, -0.25) is 0 Å². The van der Waals surface area contributed by atoms with Crippen molar-refractivity contribution in [2.24, 2.45) is 0 Å². The van der Waals surface area contributed by atoms with E-state index in [9.17, 15) is 9.59 Å². The van der Waals surface area contributed by atoms with Gasteiger partial charge in [0.25, 0.3) is 0 Å². The first kappa shape index (κ1) is 19.8. The molecule has 134 valence electrons. The van der Waals surface area contributed by atoms with E-state index in [1.807, 2.05) is 0 Å². The number of hydrogen-bond donors (Lipinski definition) is 1. The zero-order valence-corrected chi connectivity index (χ0v) is 14.9. The minimum absolute atomic E-state index is 0.0644. The highest BCUT2D eigenvalue weighted by atomic mass is 16.6. The van der Waals surface area contributed by atoms with E-state index >= 15 is 0 Å². The lowest BCUT2D eigenvalue weighted by atomic mass is 10.2. The quantitative estimate of drug-likeness (QED) is 0.892. The maximum atomic E-state index is 12.0. The predicted octanol–water partition coefficient (Wildman–Crippen LogP) is 2.48. The van der Waals surface area contributed by atoms with Gasteiger partial charge in [0, 0.05) is 27.2 Å². The molecule has 7 heteroatoms. The average molecular weight is 338 g/mol. The first-order valence-corrected chi connectivity index (χ1v) is 7.69. The Kier molecular flexibility index (Phi) is 7.03. The number of aliphatic hydroxyl groups is 1. The Morgan fingerprint density at radius 2 is 1.50 bits per heavy atom. The van der Waals surface area contributed by atoms with Crippen LogP contribution >= 0.6 is 0 Å². The molecule has 1 aromatic carbocycles. The number of nitrogens with zero attached hydrogens (tertiary/aromatic N) is 2. The molecule has 0 aliphatic rings. The molecule has 0 aliphatic carbocycles. The fraction of sp³-hybridized carbons (Fsp3) is 0.529. The highest BCUT2D eigenvalue weighted by Gasteiger charge is 2.20. The molecule has 0 bridgehead atoms. The number of amides is 2. The van der Waals surface area contributed by atoms with Gasteiger partial charge in [0.1, 0.15) is 11.4 Å². The van der Waals surface area contributed by atoms with Crippen LogP contribution in [-0.2, 0) is 11.3 Å². The van der Waals surface area contributed by atoms with Crippen LogP contribution in [0.25, 0.3) is 0 Å². The summed E-state index contributed by atoms with van der Waals surface area (Å²) in [5, 5.41) is 8.98. The van der Waals surface area contributed by atoms with Crippen molar-refractivity contribution in [3.05, 3.63) is 29.8 Å². The van der Waals surface area contributed by atoms with Gasteiger partial charge in [-0.2, -0.15) is 0 Å². The number of benzene rings is 1.